The number of nitrogens with one attached hydrogen (secondary N) is 1. The summed E-state index contributed by atoms with van der Waals surface area (Å²) >= 11 is 1.60. The highest BCUT2D eigenvalue weighted by molar-refractivity contribution is 7.89. The van der Waals surface area contributed by atoms with Crippen LogP contribution in [0.25, 0.3) is 0 Å². The molecule has 2 aromatic rings. The van der Waals surface area contributed by atoms with E-state index < -0.39 is 10.0 Å². The van der Waals surface area contributed by atoms with Crippen molar-refractivity contribution < 1.29 is 13.2 Å². The van der Waals surface area contributed by atoms with Gasteiger partial charge in [0.05, 0.1) is 10.9 Å². The summed E-state index contributed by atoms with van der Waals surface area (Å²) in [5, 5.41) is 5.01. The molecule has 5 nitrogen and oxygen atoms in total. The molecule has 0 aliphatic rings. The smallest absolute Gasteiger partial charge is 0.251 e. The summed E-state index contributed by atoms with van der Waals surface area (Å²) in [6.07, 6.45) is 0. The molecule has 0 saturated heterocycles. The average Bonchev–Trinajstić information content (AvgIpc) is 3.14. The predicted molar refractivity (Wildman–Crippen MR) is 106 cm³/mol. The molecule has 7 heteroatoms. The van der Waals surface area contributed by atoms with Gasteiger partial charge in [-0.1, -0.05) is 39.8 Å². The van der Waals surface area contributed by atoms with Crippen LogP contribution >= 0.6 is 11.3 Å². The number of carbonyl (C=O) groups is 1. The summed E-state index contributed by atoms with van der Waals surface area (Å²) in [5.74, 6) is -0.0473. The molecule has 0 radical (unpaired) electrons. The molecule has 0 aliphatic carbocycles. The maximum atomic E-state index is 12.7. The zero-order valence-electron chi connectivity index (χ0n) is 15.6. The molecule has 0 saturated carbocycles. The van der Waals surface area contributed by atoms with Gasteiger partial charge in [0.25, 0.3) is 5.91 Å². The third-order valence-corrected chi connectivity index (χ3v) is 7.24. The van der Waals surface area contributed by atoms with Gasteiger partial charge in [-0.3, -0.25) is 4.79 Å². The fourth-order valence-electron chi connectivity index (χ4n) is 2.77. The highest BCUT2D eigenvalue weighted by Gasteiger charge is 2.24. The van der Waals surface area contributed by atoms with Gasteiger partial charge in [0, 0.05) is 23.5 Å². The van der Waals surface area contributed by atoms with Crippen molar-refractivity contribution in [2.45, 2.75) is 38.6 Å². The SMILES string of the molecule is CCN(CC)S(=O)(=O)c1cccc(C(=O)N[C@H](c2cccs2)C(C)C)c1. The van der Waals surface area contributed by atoms with Crippen molar-refractivity contribution in [3.8, 4) is 0 Å². The number of carbonyl (C=O) groups excluding carboxylic acids is 1. The van der Waals surface area contributed by atoms with Crippen molar-refractivity contribution in [1.29, 1.82) is 0 Å². The van der Waals surface area contributed by atoms with Gasteiger partial charge in [-0.25, -0.2) is 8.42 Å². The average molecular weight is 395 g/mol. The second-order valence-corrected chi connectivity index (χ2v) is 9.24. The van der Waals surface area contributed by atoms with E-state index in [0.29, 0.717) is 18.7 Å². The minimum Gasteiger partial charge on any atom is -0.344 e. The van der Waals surface area contributed by atoms with Crippen LogP contribution < -0.4 is 5.32 Å². The zero-order chi connectivity index (χ0) is 19.3. The molecular formula is C19H26N2O3S2. The Morgan fingerprint density at radius 2 is 1.85 bits per heavy atom. The van der Waals surface area contributed by atoms with E-state index >= 15 is 0 Å². The molecular weight excluding hydrogens is 368 g/mol. The van der Waals surface area contributed by atoms with E-state index in [-0.39, 0.29) is 22.8 Å². The summed E-state index contributed by atoms with van der Waals surface area (Å²) in [6.45, 7) is 8.47. The van der Waals surface area contributed by atoms with E-state index in [1.54, 1.807) is 37.3 Å². The van der Waals surface area contributed by atoms with Gasteiger partial charge in [0.2, 0.25) is 10.0 Å². The first-order valence-corrected chi connectivity index (χ1v) is 11.1. The van der Waals surface area contributed by atoms with Gasteiger partial charge >= 0.3 is 0 Å². The molecule has 1 aromatic heterocycles. The molecule has 142 valence electrons. The Morgan fingerprint density at radius 1 is 1.15 bits per heavy atom. The van der Waals surface area contributed by atoms with Crippen LogP contribution in [0.3, 0.4) is 0 Å². The van der Waals surface area contributed by atoms with Gasteiger partial charge in [-0.05, 0) is 35.6 Å². The summed E-state index contributed by atoms with van der Waals surface area (Å²) in [5.41, 5.74) is 0.348. The molecule has 1 heterocycles. The number of benzene rings is 1. The second kappa shape index (κ2) is 8.79. The van der Waals surface area contributed by atoms with Crippen LogP contribution in [0.2, 0.25) is 0 Å². The Kier molecular flexibility index (Phi) is 6.97. The number of amides is 1. The Labute approximate surface area is 160 Å². The maximum absolute atomic E-state index is 12.7. The number of hydrogen-bond acceptors (Lipinski definition) is 4. The number of rotatable bonds is 8. The molecule has 1 N–H and O–H groups in total. The quantitative estimate of drug-likeness (QED) is 0.738. The van der Waals surface area contributed by atoms with E-state index in [1.807, 2.05) is 31.4 Å². The van der Waals surface area contributed by atoms with Crippen molar-refractivity contribution in [2.24, 2.45) is 5.92 Å². The molecule has 2 rings (SSSR count). The molecule has 1 atom stereocenters. The van der Waals surface area contributed by atoms with Gasteiger partial charge in [0.15, 0.2) is 0 Å². The highest BCUT2D eigenvalue weighted by Crippen LogP contribution is 2.26. The van der Waals surface area contributed by atoms with E-state index in [1.165, 1.54) is 16.4 Å². The third kappa shape index (κ3) is 4.52. The first kappa shape index (κ1) is 20.6. The molecule has 0 fully saturated rings. The molecule has 26 heavy (non-hydrogen) atoms. The number of nitrogens with zero attached hydrogens (tertiary/aromatic N) is 1. The Hall–Kier alpha value is -1.70. The first-order valence-electron chi connectivity index (χ1n) is 8.75. The van der Waals surface area contributed by atoms with Crippen molar-refractivity contribution in [1.82, 2.24) is 9.62 Å². The van der Waals surface area contributed by atoms with Crippen molar-refractivity contribution in [3.63, 3.8) is 0 Å². The molecule has 0 unspecified atom stereocenters. The molecule has 0 spiro atoms. The normalized spacial score (nSPS) is 13.2. The fraction of sp³-hybridized carbons (Fsp3) is 0.421. The van der Waals surface area contributed by atoms with Crippen LogP contribution in [0, 0.1) is 5.92 Å². The minimum atomic E-state index is -3.59. The van der Waals surface area contributed by atoms with Crippen LogP contribution in [0.5, 0.6) is 0 Å². The molecule has 1 amide bonds. The summed E-state index contributed by atoms with van der Waals surface area (Å²) in [4.78, 5) is 14.0. The molecule has 0 bridgehead atoms. The monoisotopic (exact) mass is 394 g/mol. The first-order chi connectivity index (χ1) is 12.3. The topological polar surface area (TPSA) is 66.5 Å². The number of sulfonamides is 1. The molecule has 1 aromatic carbocycles. The lowest BCUT2D eigenvalue weighted by Crippen LogP contribution is -2.32. The number of hydrogen-bond donors (Lipinski definition) is 1. The van der Waals surface area contributed by atoms with Gasteiger partial charge in [-0.2, -0.15) is 4.31 Å². The van der Waals surface area contributed by atoms with E-state index in [2.05, 4.69) is 5.32 Å². The lowest BCUT2D eigenvalue weighted by atomic mass is 10.0. The van der Waals surface area contributed by atoms with Crippen LogP contribution in [-0.4, -0.2) is 31.7 Å². The Morgan fingerprint density at radius 3 is 2.38 bits per heavy atom. The summed E-state index contributed by atoms with van der Waals surface area (Å²) < 4.78 is 26.7. The summed E-state index contributed by atoms with van der Waals surface area (Å²) in [7, 11) is -3.59. The third-order valence-electron chi connectivity index (χ3n) is 4.24. The van der Waals surface area contributed by atoms with Gasteiger partial charge in [-0.15, -0.1) is 11.3 Å². The lowest BCUT2D eigenvalue weighted by Gasteiger charge is -2.22. The largest absolute Gasteiger partial charge is 0.344 e. The maximum Gasteiger partial charge on any atom is 0.251 e. The lowest BCUT2D eigenvalue weighted by molar-refractivity contribution is 0.0926. The standard InChI is InChI=1S/C19H26N2O3S2/c1-5-21(6-2)26(23,24)16-10-7-9-15(13-16)19(22)20-18(14(3)4)17-11-8-12-25-17/h7-14,18H,5-6H2,1-4H3,(H,20,22)/t18-/m0/s1. The minimum absolute atomic E-state index is 0.106. The van der Waals surface area contributed by atoms with Crippen LogP contribution in [0.1, 0.15) is 49.0 Å². The van der Waals surface area contributed by atoms with Crippen molar-refractivity contribution in [3.05, 3.63) is 52.2 Å². The Bertz CT molecular complexity index is 826. The molecule has 0 aliphatic heterocycles. The summed E-state index contributed by atoms with van der Waals surface area (Å²) in [6, 6.07) is 10.1. The second-order valence-electron chi connectivity index (χ2n) is 6.33. The van der Waals surface area contributed by atoms with Crippen LogP contribution in [0.4, 0.5) is 0 Å². The fourth-order valence-corrected chi connectivity index (χ4v) is 5.22. The predicted octanol–water partition coefficient (Wildman–Crippen LogP) is 3.91. The zero-order valence-corrected chi connectivity index (χ0v) is 17.2. The van der Waals surface area contributed by atoms with E-state index in [4.69, 9.17) is 0 Å². The van der Waals surface area contributed by atoms with E-state index in [0.717, 1.165) is 4.88 Å². The van der Waals surface area contributed by atoms with Crippen LogP contribution in [-0.2, 0) is 10.0 Å². The van der Waals surface area contributed by atoms with Gasteiger partial charge < -0.3 is 5.32 Å². The van der Waals surface area contributed by atoms with Crippen molar-refractivity contribution in [2.75, 3.05) is 13.1 Å². The number of thiophene rings is 1. The highest BCUT2D eigenvalue weighted by atomic mass is 32.2. The van der Waals surface area contributed by atoms with Crippen molar-refractivity contribution >= 4 is 27.3 Å². The van der Waals surface area contributed by atoms with Crippen LogP contribution in [0.15, 0.2) is 46.7 Å². The van der Waals surface area contributed by atoms with E-state index in [9.17, 15) is 13.2 Å². The van der Waals surface area contributed by atoms with Gasteiger partial charge in [0.1, 0.15) is 0 Å². The Balaban J connectivity index is 2.28.